The number of carboxylic acid groups (broad SMARTS) is 1. The SMILES string of the molecule is Nc1ccc(COc2ccccc2F)c(C(=O)O)c1. The van der Waals surface area contributed by atoms with Crippen LogP contribution in [0.1, 0.15) is 15.9 Å². The lowest BCUT2D eigenvalue weighted by Crippen LogP contribution is -2.07. The molecule has 0 amide bonds. The maximum absolute atomic E-state index is 13.4. The number of carbonyl (C=O) groups is 1. The summed E-state index contributed by atoms with van der Waals surface area (Å²) >= 11 is 0. The molecule has 2 rings (SSSR count). The average Bonchev–Trinajstić information content (AvgIpc) is 2.38. The van der Waals surface area contributed by atoms with E-state index in [1.54, 1.807) is 24.3 Å². The number of anilines is 1. The Kier molecular flexibility index (Phi) is 3.66. The monoisotopic (exact) mass is 261 g/mol. The van der Waals surface area contributed by atoms with E-state index in [9.17, 15) is 9.18 Å². The Morgan fingerprint density at radius 2 is 2.00 bits per heavy atom. The van der Waals surface area contributed by atoms with Crippen LogP contribution in [-0.2, 0) is 6.61 Å². The van der Waals surface area contributed by atoms with Crippen LogP contribution in [0.3, 0.4) is 0 Å². The van der Waals surface area contributed by atoms with Crippen molar-refractivity contribution < 1.29 is 19.0 Å². The smallest absolute Gasteiger partial charge is 0.336 e. The Bertz CT molecular complexity index is 613. The molecule has 0 unspecified atom stereocenters. The van der Waals surface area contributed by atoms with Crippen LogP contribution in [0.5, 0.6) is 5.75 Å². The number of para-hydroxylation sites is 1. The third-order valence-electron chi connectivity index (χ3n) is 2.58. The van der Waals surface area contributed by atoms with Crippen LogP contribution in [0.2, 0.25) is 0 Å². The molecule has 3 N–H and O–H groups in total. The number of ether oxygens (including phenoxy) is 1. The summed E-state index contributed by atoms with van der Waals surface area (Å²) in [4.78, 5) is 11.1. The van der Waals surface area contributed by atoms with Gasteiger partial charge in [0.1, 0.15) is 6.61 Å². The number of nitrogens with two attached hydrogens (primary N) is 1. The van der Waals surface area contributed by atoms with E-state index in [-0.39, 0.29) is 17.9 Å². The number of benzene rings is 2. The van der Waals surface area contributed by atoms with Gasteiger partial charge >= 0.3 is 5.97 Å². The molecule has 2 aromatic carbocycles. The van der Waals surface area contributed by atoms with Crippen LogP contribution >= 0.6 is 0 Å². The number of hydrogen-bond donors (Lipinski definition) is 2. The summed E-state index contributed by atoms with van der Waals surface area (Å²) in [6.45, 7) is -0.0388. The zero-order chi connectivity index (χ0) is 13.8. The summed E-state index contributed by atoms with van der Waals surface area (Å²) in [6.07, 6.45) is 0. The van der Waals surface area contributed by atoms with E-state index >= 15 is 0 Å². The molecular formula is C14H12FNO3. The van der Waals surface area contributed by atoms with Crippen molar-refractivity contribution in [2.45, 2.75) is 6.61 Å². The minimum atomic E-state index is -1.10. The molecule has 0 spiro atoms. The van der Waals surface area contributed by atoms with Gasteiger partial charge in [-0.1, -0.05) is 18.2 Å². The van der Waals surface area contributed by atoms with Gasteiger partial charge in [-0.25, -0.2) is 9.18 Å². The van der Waals surface area contributed by atoms with Gasteiger partial charge in [0, 0.05) is 11.3 Å². The maximum atomic E-state index is 13.4. The molecule has 0 aliphatic carbocycles. The fourth-order valence-corrected chi connectivity index (χ4v) is 1.64. The molecule has 0 bridgehead atoms. The van der Waals surface area contributed by atoms with Crippen molar-refractivity contribution in [3.8, 4) is 5.75 Å². The van der Waals surface area contributed by atoms with Gasteiger partial charge in [-0.05, 0) is 24.3 Å². The first-order chi connectivity index (χ1) is 9.08. The lowest BCUT2D eigenvalue weighted by molar-refractivity contribution is 0.0694. The van der Waals surface area contributed by atoms with Crippen LogP contribution in [-0.4, -0.2) is 11.1 Å². The van der Waals surface area contributed by atoms with Crippen molar-refractivity contribution in [1.29, 1.82) is 0 Å². The van der Waals surface area contributed by atoms with E-state index in [1.165, 1.54) is 18.2 Å². The third kappa shape index (κ3) is 3.01. The molecule has 0 aliphatic rings. The van der Waals surface area contributed by atoms with Gasteiger partial charge in [-0.2, -0.15) is 0 Å². The number of hydrogen-bond acceptors (Lipinski definition) is 3. The minimum absolute atomic E-state index is 0.0388. The Morgan fingerprint density at radius 1 is 1.26 bits per heavy atom. The Balaban J connectivity index is 2.20. The molecule has 0 fully saturated rings. The molecule has 0 aromatic heterocycles. The van der Waals surface area contributed by atoms with Crippen LogP contribution in [0, 0.1) is 5.82 Å². The van der Waals surface area contributed by atoms with Gasteiger partial charge < -0.3 is 15.6 Å². The highest BCUT2D eigenvalue weighted by molar-refractivity contribution is 5.90. The highest BCUT2D eigenvalue weighted by Crippen LogP contribution is 2.19. The van der Waals surface area contributed by atoms with Crippen molar-refractivity contribution >= 4 is 11.7 Å². The lowest BCUT2D eigenvalue weighted by Gasteiger charge is -2.10. The molecule has 98 valence electrons. The van der Waals surface area contributed by atoms with Gasteiger partial charge in [0.15, 0.2) is 11.6 Å². The first-order valence-corrected chi connectivity index (χ1v) is 5.57. The molecule has 5 heteroatoms. The summed E-state index contributed by atoms with van der Waals surface area (Å²) in [5, 5.41) is 9.06. The quantitative estimate of drug-likeness (QED) is 0.830. The van der Waals surface area contributed by atoms with Crippen molar-refractivity contribution in [2.24, 2.45) is 0 Å². The second-order valence-corrected chi connectivity index (χ2v) is 3.94. The fourth-order valence-electron chi connectivity index (χ4n) is 1.64. The highest BCUT2D eigenvalue weighted by Gasteiger charge is 2.11. The number of aromatic carboxylic acids is 1. The van der Waals surface area contributed by atoms with Crippen LogP contribution in [0.25, 0.3) is 0 Å². The number of carboxylic acids is 1. The van der Waals surface area contributed by atoms with Crippen LogP contribution in [0.4, 0.5) is 10.1 Å². The zero-order valence-electron chi connectivity index (χ0n) is 9.97. The van der Waals surface area contributed by atoms with Crippen molar-refractivity contribution in [3.63, 3.8) is 0 Å². The number of halogens is 1. The summed E-state index contributed by atoms with van der Waals surface area (Å²) in [5.41, 5.74) is 6.37. The standard InChI is InChI=1S/C14H12FNO3/c15-12-3-1-2-4-13(12)19-8-9-5-6-10(16)7-11(9)14(17)18/h1-7H,8,16H2,(H,17,18). The third-order valence-corrected chi connectivity index (χ3v) is 2.58. The molecule has 4 nitrogen and oxygen atoms in total. The van der Waals surface area contributed by atoms with Gasteiger partial charge in [0.2, 0.25) is 0 Å². The summed E-state index contributed by atoms with van der Waals surface area (Å²) < 4.78 is 18.6. The van der Waals surface area contributed by atoms with E-state index in [0.29, 0.717) is 11.3 Å². The fraction of sp³-hybridized carbons (Fsp3) is 0.0714. The van der Waals surface area contributed by atoms with E-state index in [1.807, 2.05) is 0 Å². The molecule has 0 aliphatic heterocycles. The van der Waals surface area contributed by atoms with E-state index in [4.69, 9.17) is 15.6 Å². The summed E-state index contributed by atoms with van der Waals surface area (Å²) in [5.74, 6) is -1.51. The van der Waals surface area contributed by atoms with Gasteiger partial charge in [-0.3, -0.25) is 0 Å². The van der Waals surface area contributed by atoms with E-state index < -0.39 is 11.8 Å². The second kappa shape index (κ2) is 5.39. The summed E-state index contributed by atoms with van der Waals surface area (Å²) in [6, 6.07) is 10.4. The second-order valence-electron chi connectivity index (χ2n) is 3.94. The number of rotatable bonds is 4. The highest BCUT2D eigenvalue weighted by atomic mass is 19.1. The van der Waals surface area contributed by atoms with Gasteiger partial charge in [0.05, 0.1) is 5.56 Å². The van der Waals surface area contributed by atoms with Crippen molar-refractivity contribution in [1.82, 2.24) is 0 Å². The molecule has 2 aromatic rings. The van der Waals surface area contributed by atoms with Crippen molar-refractivity contribution in [3.05, 3.63) is 59.4 Å². The Morgan fingerprint density at radius 3 is 2.68 bits per heavy atom. The normalized spacial score (nSPS) is 10.2. The zero-order valence-corrected chi connectivity index (χ0v) is 9.97. The van der Waals surface area contributed by atoms with Crippen molar-refractivity contribution in [2.75, 3.05) is 5.73 Å². The molecule has 0 atom stereocenters. The largest absolute Gasteiger partial charge is 0.486 e. The van der Waals surface area contributed by atoms with Gasteiger partial charge in [-0.15, -0.1) is 0 Å². The molecule has 0 saturated heterocycles. The van der Waals surface area contributed by atoms with Crippen LogP contribution in [0.15, 0.2) is 42.5 Å². The predicted molar refractivity (Wildman–Crippen MR) is 68.5 cm³/mol. The molecular weight excluding hydrogens is 249 g/mol. The Hall–Kier alpha value is -2.56. The van der Waals surface area contributed by atoms with Crippen LogP contribution < -0.4 is 10.5 Å². The molecule has 0 saturated carbocycles. The molecule has 0 radical (unpaired) electrons. The molecule has 0 heterocycles. The maximum Gasteiger partial charge on any atom is 0.336 e. The first-order valence-electron chi connectivity index (χ1n) is 5.57. The Labute approximate surface area is 109 Å². The van der Waals surface area contributed by atoms with Gasteiger partial charge in [0.25, 0.3) is 0 Å². The topological polar surface area (TPSA) is 72.5 Å². The predicted octanol–water partition coefficient (Wildman–Crippen LogP) is 2.69. The average molecular weight is 261 g/mol. The van der Waals surface area contributed by atoms with E-state index in [2.05, 4.69) is 0 Å². The minimum Gasteiger partial charge on any atom is -0.486 e. The summed E-state index contributed by atoms with van der Waals surface area (Å²) in [7, 11) is 0. The first kappa shape index (κ1) is 12.9. The number of nitrogen functional groups attached to an aromatic ring is 1. The molecule has 19 heavy (non-hydrogen) atoms. The lowest BCUT2D eigenvalue weighted by atomic mass is 10.1. The van der Waals surface area contributed by atoms with E-state index in [0.717, 1.165) is 0 Å².